The number of benzene rings is 3. The van der Waals surface area contributed by atoms with E-state index in [1.165, 1.54) is 30.3 Å². The molecule has 144 valence electrons. The van der Waals surface area contributed by atoms with Gasteiger partial charge in [0.05, 0.1) is 21.2 Å². The Morgan fingerprint density at radius 1 is 0.964 bits per heavy atom. The standard InChI is InChI=1S/C21H19ClN2O3S/c1-15-6-5-7-16(12-15)14-23-21(25)19-11-10-17(13-20(19)22)24-28(26,27)18-8-3-2-4-9-18/h2-13,24H,14H2,1H3,(H,23,25). The highest BCUT2D eigenvalue weighted by molar-refractivity contribution is 7.92. The van der Waals surface area contributed by atoms with Crippen molar-refractivity contribution in [2.45, 2.75) is 18.4 Å². The van der Waals surface area contributed by atoms with Crippen LogP contribution in [0.15, 0.2) is 77.7 Å². The maximum absolute atomic E-state index is 12.4. The van der Waals surface area contributed by atoms with Gasteiger partial charge in [0.25, 0.3) is 15.9 Å². The second-order valence-corrected chi connectivity index (χ2v) is 8.37. The minimum Gasteiger partial charge on any atom is -0.348 e. The molecular weight excluding hydrogens is 396 g/mol. The van der Waals surface area contributed by atoms with E-state index in [0.29, 0.717) is 6.54 Å². The molecule has 2 N–H and O–H groups in total. The van der Waals surface area contributed by atoms with Crippen LogP contribution in [-0.2, 0) is 16.6 Å². The summed E-state index contributed by atoms with van der Waals surface area (Å²) in [5.41, 5.74) is 2.65. The number of hydrogen-bond donors (Lipinski definition) is 2. The molecule has 0 aliphatic carbocycles. The van der Waals surface area contributed by atoms with Crippen molar-refractivity contribution < 1.29 is 13.2 Å². The topological polar surface area (TPSA) is 75.3 Å². The van der Waals surface area contributed by atoms with E-state index in [1.54, 1.807) is 18.2 Å². The molecule has 5 nitrogen and oxygen atoms in total. The fourth-order valence-corrected chi connectivity index (χ4v) is 4.01. The Labute approximate surface area is 169 Å². The van der Waals surface area contributed by atoms with E-state index in [-0.39, 0.29) is 27.1 Å². The average molecular weight is 415 g/mol. The number of hydrogen-bond acceptors (Lipinski definition) is 3. The van der Waals surface area contributed by atoms with Crippen LogP contribution in [0.2, 0.25) is 5.02 Å². The first-order valence-corrected chi connectivity index (χ1v) is 10.4. The van der Waals surface area contributed by atoms with Gasteiger partial charge in [0.15, 0.2) is 0 Å². The van der Waals surface area contributed by atoms with Crippen LogP contribution in [0.25, 0.3) is 0 Å². The lowest BCUT2D eigenvalue weighted by Crippen LogP contribution is -2.23. The molecule has 0 saturated heterocycles. The maximum Gasteiger partial charge on any atom is 0.261 e. The van der Waals surface area contributed by atoms with Crippen molar-refractivity contribution in [2.75, 3.05) is 4.72 Å². The van der Waals surface area contributed by atoms with Gasteiger partial charge in [-0.3, -0.25) is 9.52 Å². The van der Waals surface area contributed by atoms with Crippen molar-refractivity contribution in [3.05, 3.63) is 94.5 Å². The van der Waals surface area contributed by atoms with Crippen LogP contribution in [0.4, 0.5) is 5.69 Å². The highest BCUT2D eigenvalue weighted by Gasteiger charge is 2.16. The predicted molar refractivity (Wildman–Crippen MR) is 111 cm³/mol. The Morgan fingerprint density at radius 2 is 1.71 bits per heavy atom. The van der Waals surface area contributed by atoms with Crippen LogP contribution in [0.1, 0.15) is 21.5 Å². The van der Waals surface area contributed by atoms with E-state index in [0.717, 1.165) is 11.1 Å². The van der Waals surface area contributed by atoms with Crippen molar-refractivity contribution in [1.82, 2.24) is 5.32 Å². The molecular formula is C21H19ClN2O3S. The van der Waals surface area contributed by atoms with Gasteiger partial charge in [0, 0.05) is 6.54 Å². The van der Waals surface area contributed by atoms with Crippen molar-refractivity contribution in [1.29, 1.82) is 0 Å². The molecule has 0 unspecified atom stereocenters. The summed E-state index contributed by atoms with van der Waals surface area (Å²) in [6.45, 7) is 2.36. The summed E-state index contributed by atoms with van der Waals surface area (Å²) >= 11 is 6.21. The number of aryl methyl sites for hydroxylation is 1. The summed E-state index contributed by atoms with van der Waals surface area (Å²) in [4.78, 5) is 12.6. The molecule has 7 heteroatoms. The Balaban J connectivity index is 1.70. The van der Waals surface area contributed by atoms with Gasteiger partial charge in [-0.2, -0.15) is 0 Å². The van der Waals surface area contributed by atoms with Gasteiger partial charge in [0.2, 0.25) is 0 Å². The highest BCUT2D eigenvalue weighted by Crippen LogP contribution is 2.23. The van der Waals surface area contributed by atoms with Crippen LogP contribution in [-0.4, -0.2) is 14.3 Å². The number of halogens is 1. The second kappa shape index (κ2) is 8.46. The molecule has 0 radical (unpaired) electrons. The maximum atomic E-state index is 12.4. The van der Waals surface area contributed by atoms with E-state index >= 15 is 0 Å². The molecule has 0 fully saturated rings. The molecule has 0 aliphatic heterocycles. The molecule has 0 aliphatic rings. The van der Waals surface area contributed by atoms with E-state index in [2.05, 4.69) is 10.0 Å². The fraction of sp³-hybridized carbons (Fsp3) is 0.0952. The van der Waals surface area contributed by atoms with Crippen molar-refractivity contribution in [3.63, 3.8) is 0 Å². The van der Waals surface area contributed by atoms with Crippen LogP contribution < -0.4 is 10.0 Å². The van der Waals surface area contributed by atoms with Gasteiger partial charge in [-0.15, -0.1) is 0 Å². The van der Waals surface area contributed by atoms with Gasteiger partial charge < -0.3 is 5.32 Å². The zero-order valence-corrected chi connectivity index (χ0v) is 16.7. The first-order valence-electron chi connectivity index (χ1n) is 8.56. The monoisotopic (exact) mass is 414 g/mol. The van der Waals surface area contributed by atoms with Crippen LogP contribution in [0, 0.1) is 6.92 Å². The number of carbonyl (C=O) groups is 1. The quantitative estimate of drug-likeness (QED) is 0.628. The summed E-state index contributed by atoms with van der Waals surface area (Å²) in [5, 5.41) is 2.98. The molecule has 3 aromatic rings. The number of anilines is 1. The van der Waals surface area contributed by atoms with E-state index < -0.39 is 10.0 Å². The molecule has 0 heterocycles. The normalized spacial score (nSPS) is 11.1. The number of carbonyl (C=O) groups excluding carboxylic acids is 1. The van der Waals surface area contributed by atoms with Crippen LogP contribution in [0.3, 0.4) is 0 Å². The summed E-state index contributed by atoms with van der Waals surface area (Å²) in [5.74, 6) is -0.330. The van der Waals surface area contributed by atoms with Gasteiger partial charge in [-0.1, -0.05) is 59.6 Å². The van der Waals surface area contributed by atoms with Gasteiger partial charge in [-0.25, -0.2) is 8.42 Å². The van der Waals surface area contributed by atoms with Crippen molar-refractivity contribution in [3.8, 4) is 0 Å². The van der Waals surface area contributed by atoms with Crippen molar-refractivity contribution >= 4 is 33.2 Å². The van der Waals surface area contributed by atoms with E-state index in [4.69, 9.17) is 11.6 Å². The molecule has 0 bridgehead atoms. The summed E-state index contributed by atoms with van der Waals surface area (Å²) in [6.07, 6.45) is 0. The van der Waals surface area contributed by atoms with Crippen LogP contribution in [0.5, 0.6) is 0 Å². The minimum absolute atomic E-state index is 0.145. The Bertz CT molecular complexity index is 1100. The van der Waals surface area contributed by atoms with Crippen LogP contribution >= 0.6 is 11.6 Å². The lowest BCUT2D eigenvalue weighted by atomic mass is 10.1. The number of amides is 1. The Morgan fingerprint density at radius 3 is 2.39 bits per heavy atom. The molecule has 3 rings (SSSR count). The SMILES string of the molecule is Cc1cccc(CNC(=O)c2ccc(NS(=O)(=O)c3ccccc3)cc2Cl)c1. The first-order chi connectivity index (χ1) is 13.3. The lowest BCUT2D eigenvalue weighted by Gasteiger charge is -2.11. The third-order valence-electron chi connectivity index (χ3n) is 4.05. The van der Waals surface area contributed by atoms with Gasteiger partial charge >= 0.3 is 0 Å². The third-order valence-corrected chi connectivity index (χ3v) is 5.76. The molecule has 1 amide bonds. The van der Waals surface area contributed by atoms with Gasteiger partial charge in [0.1, 0.15) is 0 Å². The molecule has 0 spiro atoms. The largest absolute Gasteiger partial charge is 0.348 e. The van der Waals surface area contributed by atoms with E-state index in [1.807, 2.05) is 31.2 Å². The molecule has 28 heavy (non-hydrogen) atoms. The molecule has 0 saturated carbocycles. The smallest absolute Gasteiger partial charge is 0.261 e. The minimum atomic E-state index is -3.72. The molecule has 0 atom stereocenters. The summed E-state index contributed by atoms with van der Waals surface area (Å²) in [6, 6.07) is 20.3. The zero-order chi connectivity index (χ0) is 20.1. The number of nitrogens with one attached hydrogen (secondary N) is 2. The second-order valence-electron chi connectivity index (χ2n) is 6.28. The summed E-state index contributed by atoms with van der Waals surface area (Å²) < 4.78 is 27.2. The Hall–Kier alpha value is -2.83. The predicted octanol–water partition coefficient (Wildman–Crippen LogP) is 4.38. The lowest BCUT2D eigenvalue weighted by molar-refractivity contribution is 0.0951. The fourth-order valence-electron chi connectivity index (χ4n) is 2.68. The van der Waals surface area contributed by atoms with Gasteiger partial charge in [-0.05, 0) is 42.8 Å². The Kier molecular flexibility index (Phi) is 6.02. The molecule has 0 aromatic heterocycles. The summed E-state index contributed by atoms with van der Waals surface area (Å²) in [7, 11) is -3.72. The number of sulfonamides is 1. The first kappa shape index (κ1) is 19.9. The van der Waals surface area contributed by atoms with Crippen molar-refractivity contribution in [2.24, 2.45) is 0 Å². The zero-order valence-electron chi connectivity index (χ0n) is 15.1. The third kappa shape index (κ3) is 4.91. The number of rotatable bonds is 6. The highest BCUT2D eigenvalue weighted by atomic mass is 35.5. The van der Waals surface area contributed by atoms with E-state index in [9.17, 15) is 13.2 Å². The molecule has 3 aromatic carbocycles. The average Bonchev–Trinajstić information content (AvgIpc) is 2.67.